The van der Waals surface area contributed by atoms with Crippen LogP contribution in [0, 0.1) is 5.82 Å². The lowest BCUT2D eigenvalue weighted by molar-refractivity contribution is 0.217. The molecule has 140 valence electrons. The zero-order chi connectivity index (χ0) is 18.9. The Morgan fingerprint density at radius 3 is 2.00 bits per heavy atom. The molecule has 0 saturated heterocycles. The summed E-state index contributed by atoms with van der Waals surface area (Å²) in [5, 5.41) is 3.44. The van der Waals surface area contributed by atoms with Crippen LogP contribution < -0.4 is 14.8 Å². The van der Waals surface area contributed by atoms with Crippen molar-refractivity contribution in [3.63, 3.8) is 0 Å². The molecule has 0 heterocycles. The third-order valence-corrected chi connectivity index (χ3v) is 4.27. The van der Waals surface area contributed by atoms with Crippen LogP contribution in [0.3, 0.4) is 0 Å². The first-order chi connectivity index (χ1) is 13.2. The van der Waals surface area contributed by atoms with E-state index in [1.54, 1.807) is 12.1 Å². The highest BCUT2D eigenvalue weighted by atomic mass is 19.1. The molecule has 4 heteroatoms. The van der Waals surface area contributed by atoms with Gasteiger partial charge in [-0.15, -0.1) is 0 Å². The topological polar surface area (TPSA) is 30.5 Å². The molecule has 27 heavy (non-hydrogen) atoms. The summed E-state index contributed by atoms with van der Waals surface area (Å²) in [5.74, 6) is 1.45. The van der Waals surface area contributed by atoms with Gasteiger partial charge in [0.05, 0.1) is 0 Å². The average Bonchev–Trinajstić information content (AvgIpc) is 2.72. The van der Waals surface area contributed by atoms with E-state index in [4.69, 9.17) is 9.47 Å². The van der Waals surface area contributed by atoms with E-state index in [1.165, 1.54) is 17.7 Å². The van der Waals surface area contributed by atoms with E-state index in [9.17, 15) is 4.39 Å². The summed E-state index contributed by atoms with van der Waals surface area (Å²) in [5.41, 5.74) is 2.23. The minimum absolute atomic E-state index is 0.186. The van der Waals surface area contributed by atoms with Crippen LogP contribution in [0.2, 0.25) is 0 Å². The lowest BCUT2D eigenvalue weighted by Crippen LogP contribution is -2.18. The fourth-order valence-corrected chi connectivity index (χ4v) is 2.68. The van der Waals surface area contributed by atoms with E-state index in [1.807, 2.05) is 42.5 Å². The molecule has 3 nitrogen and oxygen atoms in total. The summed E-state index contributed by atoms with van der Waals surface area (Å²) in [4.78, 5) is 0. The molecular weight excluding hydrogens is 341 g/mol. The molecule has 3 aromatic carbocycles. The highest BCUT2D eigenvalue weighted by molar-refractivity contribution is 5.29. The van der Waals surface area contributed by atoms with Crippen molar-refractivity contribution in [1.82, 2.24) is 5.32 Å². The predicted molar refractivity (Wildman–Crippen MR) is 106 cm³/mol. The molecule has 0 aliphatic heterocycles. The molecule has 1 atom stereocenters. The van der Waals surface area contributed by atoms with Crippen molar-refractivity contribution < 1.29 is 13.9 Å². The van der Waals surface area contributed by atoms with Crippen molar-refractivity contribution >= 4 is 0 Å². The number of hydrogen-bond acceptors (Lipinski definition) is 3. The van der Waals surface area contributed by atoms with E-state index >= 15 is 0 Å². The third kappa shape index (κ3) is 6.12. The summed E-state index contributed by atoms with van der Waals surface area (Å²) in [6, 6.07) is 24.5. The molecule has 0 aliphatic carbocycles. The maximum atomic E-state index is 12.9. The third-order valence-electron chi connectivity index (χ3n) is 4.27. The van der Waals surface area contributed by atoms with Crippen molar-refractivity contribution in [2.75, 3.05) is 13.2 Å². The Morgan fingerprint density at radius 2 is 1.37 bits per heavy atom. The highest BCUT2D eigenvalue weighted by Gasteiger charge is 2.05. The van der Waals surface area contributed by atoms with Crippen molar-refractivity contribution in [1.29, 1.82) is 0 Å². The fraction of sp³-hybridized carbons (Fsp3) is 0.217. The molecule has 0 radical (unpaired) electrons. The predicted octanol–water partition coefficient (Wildman–Crippen LogP) is 5.13. The standard InChI is InChI=1S/C23H24FNO2/c1-18(25-17-19-7-11-21(24)12-8-19)20-9-13-23(14-10-20)27-16-15-26-22-5-3-2-4-6-22/h2-14,18,25H,15-17H2,1H3. The van der Waals surface area contributed by atoms with Gasteiger partial charge in [-0.25, -0.2) is 4.39 Å². The monoisotopic (exact) mass is 365 g/mol. The Labute approximate surface area is 159 Å². The van der Waals surface area contributed by atoms with Crippen LogP contribution in [0.4, 0.5) is 4.39 Å². The van der Waals surface area contributed by atoms with Crippen LogP contribution in [-0.2, 0) is 6.54 Å². The highest BCUT2D eigenvalue weighted by Crippen LogP contribution is 2.18. The molecule has 0 aliphatic rings. The summed E-state index contributed by atoms with van der Waals surface area (Å²) in [7, 11) is 0. The van der Waals surface area contributed by atoms with Gasteiger partial charge in [0.2, 0.25) is 0 Å². The molecule has 1 unspecified atom stereocenters. The first-order valence-corrected chi connectivity index (χ1v) is 9.09. The normalized spacial score (nSPS) is 11.8. The molecule has 1 N–H and O–H groups in total. The Balaban J connectivity index is 1.41. The molecule has 0 saturated carbocycles. The molecule has 0 bridgehead atoms. The Kier molecular flexibility index (Phi) is 6.83. The van der Waals surface area contributed by atoms with E-state index < -0.39 is 0 Å². The Hall–Kier alpha value is -2.85. The second kappa shape index (κ2) is 9.74. The van der Waals surface area contributed by atoms with E-state index in [0.29, 0.717) is 19.8 Å². The number of para-hydroxylation sites is 1. The Morgan fingerprint density at radius 1 is 0.778 bits per heavy atom. The largest absolute Gasteiger partial charge is 0.490 e. The maximum absolute atomic E-state index is 12.9. The second-order valence-electron chi connectivity index (χ2n) is 6.31. The molecule has 0 amide bonds. The van der Waals surface area contributed by atoms with Crippen LogP contribution in [0.15, 0.2) is 78.9 Å². The summed E-state index contributed by atoms with van der Waals surface area (Å²) in [6.07, 6.45) is 0. The number of halogens is 1. The molecule has 0 fully saturated rings. The van der Waals surface area contributed by atoms with Crippen molar-refractivity contribution in [2.24, 2.45) is 0 Å². The van der Waals surface area contributed by atoms with Gasteiger partial charge in [0.15, 0.2) is 0 Å². The van der Waals surface area contributed by atoms with Crippen LogP contribution >= 0.6 is 0 Å². The van der Waals surface area contributed by atoms with Gasteiger partial charge in [0.1, 0.15) is 30.5 Å². The van der Waals surface area contributed by atoms with E-state index in [2.05, 4.69) is 24.4 Å². The molecule has 3 rings (SSSR count). The fourth-order valence-electron chi connectivity index (χ4n) is 2.68. The molecule has 0 spiro atoms. The Bertz CT molecular complexity index is 804. The first kappa shape index (κ1) is 18.9. The van der Waals surface area contributed by atoms with Gasteiger partial charge in [-0.05, 0) is 54.4 Å². The number of hydrogen-bond donors (Lipinski definition) is 1. The van der Waals surface area contributed by atoms with Gasteiger partial charge in [-0.2, -0.15) is 0 Å². The van der Waals surface area contributed by atoms with Gasteiger partial charge in [0.25, 0.3) is 0 Å². The van der Waals surface area contributed by atoms with Crippen molar-refractivity contribution in [2.45, 2.75) is 19.5 Å². The lowest BCUT2D eigenvalue weighted by Gasteiger charge is -2.15. The lowest BCUT2D eigenvalue weighted by atomic mass is 10.1. The minimum Gasteiger partial charge on any atom is -0.490 e. The summed E-state index contributed by atoms with van der Waals surface area (Å²) < 4.78 is 24.3. The molecular formula is C23H24FNO2. The molecule has 3 aromatic rings. The number of rotatable bonds is 9. The number of ether oxygens (including phenoxy) is 2. The second-order valence-corrected chi connectivity index (χ2v) is 6.31. The average molecular weight is 365 g/mol. The van der Waals surface area contributed by atoms with E-state index in [-0.39, 0.29) is 11.9 Å². The van der Waals surface area contributed by atoms with Gasteiger partial charge < -0.3 is 14.8 Å². The zero-order valence-corrected chi connectivity index (χ0v) is 15.4. The van der Waals surface area contributed by atoms with Gasteiger partial charge in [-0.3, -0.25) is 0 Å². The van der Waals surface area contributed by atoms with Crippen LogP contribution in [-0.4, -0.2) is 13.2 Å². The summed E-state index contributed by atoms with van der Waals surface area (Å²) in [6.45, 7) is 3.79. The van der Waals surface area contributed by atoms with Gasteiger partial charge >= 0.3 is 0 Å². The van der Waals surface area contributed by atoms with E-state index in [0.717, 1.165) is 17.1 Å². The number of benzene rings is 3. The minimum atomic E-state index is -0.212. The summed E-state index contributed by atoms with van der Waals surface area (Å²) >= 11 is 0. The van der Waals surface area contributed by atoms with Crippen LogP contribution in [0.1, 0.15) is 24.1 Å². The maximum Gasteiger partial charge on any atom is 0.123 e. The van der Waals surface area contributed by atoms with Crippen LogP contribution in [0.5, 0.6) is 11.5 Å². The zero-order valence-electron chi connectivity index (χ0n) is 15.4. The smallest absolute Gasteiger partial charge is 0.123 e. The van der Waals surface area contributed by atoms with Gasteiger partial charge in [0, 0.05) is 12.6 Å². The van der Waals surface area contributed by atoms with Gasteiger partial charge in [-0.1, -0.05) is 42.5 Å². The first-order valence-electron chi connectivity index (χ1n) is 9.09. The van der Waals surface area contributed by atoms with Crippen molar-refractivity contribution in [3.8, 4) is 11.5 Å². The number of nitrogens with one attached hydrogen (secondary N) is 1. The van der Waals surface area contributed by atoms with Crippen molar-refractivity contribution in [3.05, 3.63) is 95.8 Å². The quantitative estimate of drug-likeness (QED) is 0.533. The van der Waals surface area contributed by atoms with Crippen LogP contribution in [0.25, 0.3) is 0 Å². The molecule has 0 aromatic heterocycles. The SMILES string of the molecule is CC(NCc1ccc(F)cc1)c1ccc(OCCOc2ccccc2)cc1.